The summed E-state index contributed by atoms with van der Waals surface area (Å²) in [4.78, 5) is 26.3. The predicted octanol–water partition coefficient (Wildman–Crippen LogP) is 1.84. The quantitative estimate of drug-likeness (QED) is 0.888. The molecule has 0 unspecified atom stereocenters. The summed E-state index contributed by atoms with van der Waals surface area (Å²) < 4.78 is 0. The van der Waals surface area contributed by atoms with E-state index in [2.05, 4.69) is 35.2 Å². The molecule has 0 radical (unpaired) electrons. The molecular weight excluding hydrogens is 314 g/mol. The van der Waals surface area contributed by atoms with Gasteiger partial charge in [0.05, 0.1) is 0 Å². The lowest BCUT2D eigenvalue weighted by atomic mass is 9.82. The first kappa shape index (κ1) is 16.8. The number of rotatable bonds is 2. The van der Waals surface area contributed by atoms with E-state index in [1.165, 1.54) is 25.0 Å². The molecule has 1 atom stereocenters. The number of likely N-dealkylation sites (N-methyl/N-ethyl adjacent to an activating group) is 1. The number of nitrogens with zero attached hydrogens (tertiary/aromatic N) is 4. The fourth-order valence-electron chi connectivity index (χ4n) is 4.40. The van der Waals surface area contributed by atoms with Gasteiger partial charge >= 0.3 is 0 Å². The Kier molecular flexibility index (Phi) is 4.40. The molecule has 3 aliphatic rings. The van der Waals surface area contributed by atoms with E-state index < -0.39 is 0 Å². The summed E-state index contributed by atoms with van der Waals surface area (Å²) in [6.07, 6.45) is 6.36. The zero-order chi connectivity index (χ0) is 17.4. The molecule has 1 N–H and O–H groups in total. The number of amides is 1. The minimum atomic E-state index is 0.0428. The zero-order valence-corrected chi connectivity index (χ0v) is 15.4. The highest BCUT2D eigenvalue weighted by molar-refractivity contribution is 5.76. The van der Waals surface area contributed by atoms with Gasteiger partial charge in [-0.2, -0.15) is 0 Å². The average molecular weight is 343 g/mol. The molecule has 4 rings (SSSR count). The van der Waals surface area contributed by atoms with E-state index in [0.29, 0.717) is 12.3 Å². The minimum Gasteiger partial charge on any atom is -0.356 e. The molecule has 2 saturated heterocycles. The molecule has 1 aliphatic carbocycles. The average Bonchev–Trinajstić information content (AvgIpc) is 2.71. The van der Waals surface area contributed by atoms with Gasteiger partial charge in [-0.15, -0.1) is 0 Å². The van der Waals surface area contributed by atoms with Crippen LogP contribution < -0.4 is 10.2 Å². The number of hydrogen-bond donors (Lipinski definition) is 1. The Labute approximate surface area is 150 Å². The zero-order valence-electron chi connectivity index (χ0n) is 15.4. The van der Waals surface area contributed by atoms with Crippen LogP contribution in [0.25, 0.3) is 0 Å². The summed E-state index contributed by atoms with van der Waals surface area (Å²) >= 11 is 0. The number of aromatic nitrogens is 2. The Balaban J connectivity index is 1.58. The summed E-state index contributed by atoms with van der Waals surface area (Å²) in [6.45, 7) is 5.69. The molecule has 3 heterocycles. The smallest absolute Gasteiger partial charge is 0.225 e. The van der Waals surface area contributed by atoms with Crippen molar-refractivity contribution < 1.29 is 4.79 Å². The number of aryl methyl sites for hydroxylation is 1. The summed E-state index contributed by atoms with van der Waals surface area (Å²) in [5, 5.41) is 3.02. The van der Waals surface area contributed by atoms with Crippen LogP contribution in [0.2, 0.25) is 0 Å². The van der Waals surface area contributed by atoms with Gasteiger partial charge in [0.2, 0.25) is 11.9 Å². The molecule has 2 aliphatic heterocycles. The molecule has 1 spiro atoms. The van der Waals surface area contributed by atoms with Gasteiger partial charge in [-0.3, -0.25) is 9.69 Å². The van der Waals surface area contributed by atoms with Gasteiger partial charge in [-0.1, -0.05) is 6.42 Å². The standard InChI is InChI=1S/C19H29N5O/c1-14-12-16(15-4-3-5-15)22-18(21-14)24-11-10-23(2)19(13-24)7-6-17(25)20-9-8-19/h12,15H,3-11,13H2,1-2H3,(H,20,25)/t19-/m1/s1. The molecule has 3 fully saturated rings. The van der Waals surface area contributed by atoms with Crippen LogP contribution >= 0.6 is 0 Å². The van der Waals surface area contributed by atoms with E-state index in [1.807, 2.05) is 0 Å². The summed E-state index contributed by atoms with van der Waals surface area (Å²) in [5.74, 6) is 1.70. The second-order valence-electron chi connectivity index (χ2n) is 8.03. The van der Waals surface area contributed by atoms with Gasteiger partial charge < -0.3 is 10.2 Å². The summed E-state index contributed by atoms with van der Waals surface area (Å²) in [6, 6.07) is 2.16. The molecule has 6 nitrogen and oxygen atoms in total. The number of anilines is 1. The van der Waals surface area contributed by atoms with Crippen LogP contribution in [-0.2, 0) is 4.79 Å². The molecule has 1 aromatic heterocycles. The molecule has 25 heavy (non-hydrogen) atoms. The third-order valence-corrected chi connectivity index (χ3v) is 6.40. The molecule has 0 bridgehead atoms. The number of nitrogens with one attached hydrogen (secondary N) is 1. The highest BCUT2D eigenvalue weighted by Gasteiger charge is 2.41. The fraction of sp³-hybridized carbons (Fsp3) is 0.737. The molecule has 0 aromatic carbocycles. The Hall–Kier alpha value is -1.69. The van der Waals surface area contributed by atoms with Gasteiger partial charge in [-0.05, 0) is 45.7 Å². The number of piperazine rings is 1. The second-order valence-corrected chi connectivity index (χ2v) is 8.03. The van der Waals surface area contributed by atoms with Gasteiger partial charge in [-0.25, -0.2) is 9.97 Å². The van der Waals surface area contributed by atoms with Crippen molar-refractivity contribution in [1.29, 1.82) is 0 Å². The molecule has 1 amide bonds. The van der Waals surface area contributed by atoms with Crippen molar-refractivity contribution in [2.75, 3.05) is 38.1 Å². The van der Waals surface area contributed by atoms with Crippen molar-refractivity contribution >= 4 is 11.9 Å². The number of carbonyl (C=O) groups excluding carboxylic acids is 1. The lowest BCUT2D eigenvalue weighted by Gasteiger charge is -2.49. The van der Waals surface area contributed by atoms with Gasteiger partial charge in [0.25, 0.3) is 0 Å². The maximum Gasteiger partial charge on any atom is 0.225 e. The number of carbonyl (C=O) groups is 1. The molecular formula is C19H29N5O. The van der Waals surface area contributed by atoms with Gasteiger partial charge in [0.15, 0.2) is 0 Å². The third-order valence-electron chi connectivity index (χ3n) is 6.40. The van der Waals surface area contributed by atoms with E-state index in [1.54, 1.807) is 0 Å². The number of hydrogen-bond acceptors (Lipinski definition) is 5. The predicted molar refractivity (Wildman–Crippen MR) is 97.8 cm³/mol. The van der Waals surface area contributed by atoms with E-state index in [0.717, 1.165) is 50.7 Å². The van der Waals surface area contributed by atoms with Crippen LogP contribution in [0.4, 0.5) is 5.95 Å². The Morgan fingerprint density at radius 3 is 2.84 bits per heavy atom. The van der Waals surface area contributed by atoms with E-state index in [-0.39, 0.29) is 11.4 Å². The normalized spacial score (nSPS) is 28.6. The van der Waals surface area contributed by atoms with Crippen LogP contribution in [0.5, 0.6) is 0 Å². The van der Waals surface area contributed by atoms with Crippen LogP contribution in [0.3, 0.4) is 0 Å². The van der Waals surface area contributed by atoms with E-state index in [4.69, 9.17) is 9.97 Å². The first-order chi connectivity index (χ1) is 12.1. The van der Waals surface area contributed by atoms with Crippen LogP contribution in [0.1, 0.15) is 55.8 Å². The monoisotopic (exact) mass is 343 g/mol. The lowest BCUT2D eigenvalue weighted by molar-refractivity contribution is -0.120. The topological polar surface area (TPSA) is 61.4 Å². The molecule has 1 saturated carbocycles. The van der Waals surface area contributed by atoms with Crippen molar-refractivity contribution in [3.63, 3.8) is 0 Å². The van der Waals surface area contributed by atoms with Crippen molar-refractivity contribution in [2.45, 2.75) is 56.9 Å². The molecule has 136 valence electrons. The largest absolute Gasteiger partial charge is 0.356 e. The van der Waals surface area contributed by atoms with Crippen molar-refractivity contribution in [3.05, 3.63) is 17.5 Å². The Morgan fingerprint density at radius 1 is 1.24 bits per heavy atom. The van der Waals surface area contributed by atoms with Crippen LogP contribution in [0.15, 0.2) is 6.07 Å². The van der Waals surface area contributed by atoms with Crippen LogP contribution in [-0.4, -0.2) is 59.5 Å². The van der Waals surface area contributed by atoms with Crippen molar-refractivity contribution in [2.24, 2.45) is 0 Å². The molecule has 6 heteroatoms. The minimum absolute atomic E-state index is 0.0428. The lowest BCUT2D eigenvalue weighted by Crippen LogP contribution is -2.61. The summed E-state index contributed by atoms with van der Waals surface area (Å²) in [5.41, 5.74) is 2.33. The SMILES string of the molecule is Cc1cc(C2CCC2)nc(N2CCN(C)[C@]3(CCNC(=O)CC3)C2)n1. The summed E-state index contributed by atoms with van der Waals surface area (Å²) in [7, 11) is 2.20. The highest BCUT2D eigenvalue weighted by Crippen LogP contribution is 2.37. The second kappa shape index (κ2) is 6.56. The first-order valence-corrected chi connectivity index (χ1v) is 9.64. The fourth-order valence-corrected chi connectivity index (χ4v) is 4.40. The van der Waals surface area contributed by atoms with Crippen molar-refractivity contribution in [3.8, 4) is 0 Å². The molecule has 1 aromatic rings. The maximum atomic E-state index is 11.8. The Bertz CT molecular complexity index is 659. The van der Waals surface area contributed by atoms with Crippen molar-refractivity contribution in [1.82, 2.24) is 20.2 Å². The van der Waals surface area contributed by atoms with E-state index >= 15 is 0 Å². The van der Waals surface area contributed by atoms with E-state index in [9.17, 15) is 4.79 Å². The highest BCUT2D eigenvalue weighted by atomic mass is 16.1. The first-order valence-electron chi connectivity index (χ1n) is 9.64. The third kappa shape index (κ3) is 3.24. The van der Waals surface area contributed by atoms with Gasteiger partial charge in [0, 0.05) is 55.4 Å². The Morgan fingerprint density at radius 2 is 2.08 bits per heavy atom. The van der Waals surface area contributed by atoms with Gasteiger partial charge in [0.1, 0.15) is 0 Å². The van der Waals surface area contributed by atoms with Crippen LogP contribution in [0, 0.1) is 6.92 Å². The maximum absolute atomic E-state index is 11.8.